The first-order chi connectivity index (χ1) is 5.18. The van der Waals surface area contributed by atoms with Crippen LogP contribution in [0.2, 0.25) is 0 Å². The molecule has 11 heteroatoms. The Hall–Kier alpha value is -0.790. The van der Waals surface area contributed by atoms with Crippen molar-refractivity contribution in [3.05, 3.63) is 24.3 Å². The zero-order chi connectivity index (χ0) is 8.27. The molecule has 10 nitrogen and oxygen atoms in total. The summed E-state index contributed by atoms with van der Waals surface area (Å²) >= 11 is 0. The van der Waals surface area contributed by atoms with E-state index in [2.05, 4.69) is 5.32 Å². The maximum absolute atomic E-state index is 10.5. The number of carbonyl (C=O) groups is 1. The van der Waals surface area contributed by atoms with Gasteiger partial charge in [-0.3, -0.25) is 4.79 Å². The number of benzene rings is 1. The molecule has 0 unspecified atom stereocenters. The number of phenolic OH excluding ortho intramolecular Hbond substituents is 1. The number of rotatable bonds is 1. The van der Waals surface area contributed by atoms with Crippen molar-refractivity contribution in [3.63, 3.8) is 0 Å². The molecule has 0 saturated carbocycles. The number of nitrogens with one attached hydrogen (secondary N) is 1. The van der Waals surface area contributed by atoms with Crippen molar-refractivity contribution in [1.29, 1.82) is 0 Å². The Balaban J connectivity index is -0.0000000252. The van der Waals surface area contributed by atoms with E-state index in [0.717, 1.165) is 0 Å². The van der Waals surface area contributed by atoms with Crippen LogP contribution in [-0.2, 0) is 4.79 Å². The summed E-state index contributed by atoms with van der Waals surface area (Å²) in [7, 11) is 0. The Kier molecular flexibility index (Phi) is 70.6. The molecule has 0 aliphatic rings. The summed E-state index contributed by atoms with van der Waals surface area (Å²) in [6.07, 6.45) is 0. The number of carbonyl (C=O) groups excluding carboxylic acids is 1. The van der Waals surface area contributed by atoms with Crippen LogP contribution in [0.5, 0.6) is 5.75 Å². The first-order valence-electron chi connectivity index (χ1n) is 3.25. The Morgan fingerprint density at radius 1 is 0.895 bits per heavy atom. The maximum atomic E-state index is 10.5. The minimum Gasteiger partial charge on any atom is -0.508 e. The maximum Gasteiger partial charge on any atom is 1.00 e. The molecule has 0 saturated heterocycles. The Labute approximate surface area is 131 Å². The van der Waals surface area contributed by atoms with Gasteiger partial charge in [0.05, 0.1) is 0 Å². The molecule has 0 bridgehead atoms. The average Bonchev–Trinajstić information content (AvgIpc) is 1.93. The predicted molar refractivity (Wildman–Crippen MR) is 67.7 cm³/mol. The van der Waals surface area contributed by atoms with Crippen LogP contribution in [0, 0.1) is 0 Å². The Bertz CT molecular complexity index is 269. The van der Waals surface area contributed by atoms with Gasteiger partial charge in [0, 0.05) is 12.6 Å². The summed E-state index contributed by atoms with van der Waals surface area (Å²) in [5.41, 5.74) is 0.690. The van der Waals surface area contributed by atoms with Gasteiger partial charge in [0.1, 0.15) is 5.75 Å². The van der Waals surface area contributed by atoms with Gasteiger partial charge in [0.15, 0.2) is 0 Å². The van der Waals surface area contributed by atoms with E-state index in [9.17, 15) is 4.79 Å². The quantitative estimate of drug-likeness (QED) is 0.377. The number of hydrogen-bond acceptors (Lipinski definition) is 2. The Morgan fingerprint density at radius 3 is 1.47 bits per heavy atom. The molecule has 16 N–H and O–H groups in total. The second kappa shape index (κ2) is 25.9. The van der Waals surface area contributed by atoms with E-state index in [1.54, 1.807) is 12.1 Å². The van der Waals surface area contributed by atoms with E-state index >= 15 is 0 Å². The molecular formula is C8H23NNaO9+. The van der Waals surface area contributed by atoms with Crippen molar-refractivity contribution in [3.8, 4) is 5.75 Å². The van der Waals surface area contributed by atoms with E-state index < -0.39 is 0 Å². The van der Waals surface area contributed by atoms with Crippen LogP contribution in [0.3, 0.4) is 0 Å². The van der Waals surface area contributed by atoms with Crippen LogP contribution in [0.4, 0.5) is 5.69 Å². The number of phenols is 1. The SMILES string of the molecule is CC(=O)Nc1ccc(O)cc1.O.O.O.O.O.O.O.[Na+]. The van der Waals surface area contributed by atoms with Crippen molar-refractivity contribution < 1.29 is 77.8 Å². The Morgan fingerprint density at radius 2 is 1.21 bits per heavy atom. The van der Waals surface area contributed by atoms with Gasteiger partial charge in [-0.15, -0.1) is 0 Å². The number of aromatic hydroxyl groups is 1. The van der Waals surface area contributed by atoms with Gasteiger partial charge in [-0.05, 0) is 24.3 Å². The van der Waals surface area contributed by atoms with E-state index in [4.69, 9.17) is 5.11 Å². The van der Waals surface area contributed by atoms with Crippen LogP contribution in [0.1, 0.15) is 6.92 Å². The minimum absolute atomic E-state index is 0. The van der Waals surface area contributed by atoms with Crippen LogP contribution in [-0.4, -0.2) is 49.3 Å². The fraction of sp³-hybridized carbons (Fsp3) is 0.125. The molecule has 0 aliphatic heterocycles. The predicted octanol–water partition coefficient (Wildman–Crippen LogP) is -7.42. The van der Waals surface area contributed by atoms with Crippen molar-refractivity contribution in [2.45, 2.75) is 6.92 Å². The fourth-order valence-corrected chi connectivity index (χ4v) is 0.748. The standard InChI is InChI=1S/C8H9NO2.Na.7H2O/c1-6(10)9-7-2-4-8(11)5-3-7;;;;;;;;/h2-5,11H,1H3,(H,9,10);;7*1H2/q;+1;;;;;;;. The molecule has 1 rings (SSSR count). The van der Waals surface area contributed by atoms with Gasteiger partial charge in [-0.25, -0.2) is 0 Å². The van der Waals surface area contributed by atoms with Crippen LogP contribution in [0.15, 0.2) is 24.3 Å². The zero-order valence-electron chi connectivity index (χ0n) is 10.7. The smallest absolute Gasteiger partial charge is 0.508 e. The summed E-state index contributed by atoms with van der Waals surface area (Å²) in [5.74, 6) is 0.0785. The van der Waals surface area contributed by atoms with Crippen molar-refractivity contribution in [2.75, 3.05) is 5.32 Å². The summed E-state index contributed by atoms with van der Waals surface area (Å²) < 4.78 is 0. The second-order valence-corrected chi connectivity index (χ2v) is 2.23. The third kappa shape index (κ3) is 22.8. The molecule has 0 aliphatic carbocycles. The van der Waals surface area contributed by atoms with Gasteiger partial charge in [-0.1, -0.05) is 0 Å². The van der Waals surface area contributed by atoms with Gasteiger partial charge in [0.25, 0.3) is 0 Å². The van der Waals surface area contributed by atoms with Gasteiger partial charge in [0.2, 0.25) is 5.91 Å². The van der Waals surface area contributed by atoms with Gasteiger partial charge >= 0.3 is 29.6 Å². The molecule has 1 aromatic carbocycles. The molecule has 0 fully saturated rings. The topological polar surface area (TPSA) is 270 Å². The monoisotopic (exact) mass is 300 g/mol. The van der Waals surface area contributed by atoms with Crippen molar-refractivity contribution in [2.24, 2.45) is 0 Å². The molecule has 19 heavy (non-hydrogen) atoms. The van der Waals surface area contributed by atoms with E-state index in [-0.39, 0.29) is 79.5 Å². The second-order valence-electron chi connectivity index (χ2n) is 2.23. The average molecular weight is 300 g/mol. The van der Waals surface area contributed by atoms with Gasteiger partial charge < -0.3 is 48.8 Å². The molecule has 1 amide bonds. The molecule has 114 valence electrons. The summed E-state index contributed by atoms with van der Waals surface area (Å²) in [6.45, 7) is 1.44. The van der Waals surface area contributed by atoms with Crippen LogP contribution < -0.4 is 34.9 Å². The third-order valence-electron chi connectivity index (χ3n) is 1.19. The van der Waals surface area contributed by atoms with Crippen LogP contribution >= 0.6 is 0 Å². The first-order valence-corrected chi connectivity index (χ1v) is 3.25. The van der Waals surface area contributed by atoms with E-state index in [0.29, 0.717) is 5.69 Å². The molecule has 0 radical (unpaired) electrons. The molecule has 1 aromatic rings. The van der Waals surface area contributed by atoms with Crippen LogP contribution in [0.25, 0.3) is 0 Å². The molecule has 0 spiro atoms. The minimum atomic E-state index is -0.115. The normalized spacial score (nSPS) is 5.32. The molecule has 0 aromatic heterocycles. The summed E-state index contributed by atoms with van der Waals surface area (Å²) in [6, 6.07) is 6.31. The molecule has 0 atom stereocenters. The molecular weight excluding hydrogens is 277 g/mol. The van der Waals surface area contributed by atoms with Crippen molar-refractivity contribution in [1.82, 2.24) is 0 Å². The fourth-order valence-electron chi connectivity index (χ4n) is 0.748. The third-order valence-corrected chi connectivity index (χ3v) is 1.19. The zero-order valence-corrected chi connectivity index (χ0v) is 12.7. The van der Waals surface area contributed by atoms with E-state index in [1.165, 1.54) is 19.1 Å². The first kappa shape index (κ1) is 51.7. The van der Waals surface area contributed by atoms with E-state index in [1.807, 2.05) is 0 Å². The van der Waals surface area contributed by atoms with Gasteiger partial charge in [-0.2, -0.15) is 0 Å². The number of hydrogen-bond donors (Lipinski definition) is 2. The van der Waals surface area contributed by atoms with Crippen molar-refractivity contribution >= 4 is 11.6 Å². The number of anilines is 1. The number of amides is 1. The molecule has 0 heterocycles. The largest absolute Gasteiger partial charge is 1.00 e. The summed E-state index contributed by atoms with van der Waals surface area (Å²) in [4.78, 5) is 10.5. The summed E-state index contributed by atoms with van der Waals surface area (Å²) in [5, 5.41) is 11.5.